The maximum atomic E-state index is 14.2. The summed E-state index contributed by atoms with van der Waals surface area (Å²) in [7, 11) is 2.38. The number of para-hydroxylation sites is 1. The van der Waals surface area contributed by atoms with Gasteiger partial charge in [-0.3, -0.25) is 0 Å². The largest absolute Gasteiger partial charge is 0.495 e. The third kappa shape index (κ3) is 6.23. The highest BCUT2D eigenvalue weighted by Crippen LogP contribution is 2.35. The molecule has 0 bridgehead atoms. The van der Waals surface area contributed by atoms with Crippen LogP contribution >= 0.6 is 0 Å². The molecule has 2 amide bonds. The number of esters is 1. The Hall–Kier alpha value is -3.56. The number of urea groups is 1. The smallest absolute Gasteiger partial charge is 0.416 e. The van der Waals surface area contributed by atoms with Gasteiger partial charge in [-0.15, -0.1) is 0 Å². The summed E-state index contributed by atoms with van der Waals surface area (Å²) in [6.07, 6.45) is -2.39. The van der Waals surface area contributed by atoms with Crippen LogP contribution < -0.4 is 15.4 Å². The van der Waals surface area contributed by atoms with Crippen LogP contribution in [0.2, 0.25) is 0 Å². The van der Waals surface area contributed by atoms with Crippen LogP contribution in [0, 0.1) is 5.82 Å². The fourth-order valence-corrected chi connectivity index (χ4v) is 2.29. The van der Waals surface area contributed by atoms with Crippen molar-refractivity contribution in [2.45, 2.75) is 13.6 Å². The summed E-state index contributed by atoms with van der Waals surface area (Å²) in [5.41, 5.74) is -1.40. The zero-order valence-corrected chi connectivity index (χ0v) is 15.3. The lowest BCUT2D eigenvalue weighted by molar-refractivity contribution is -0.137. The minimum Gasteiger partial charge on any atom is -0.495 e. The molecule has 0 aliphatic heterocycles. The zero-order chi connectivity index (χ0) is 21.6. The van der Waals surface area contributed by atoms with Crippen LogP contribution in [-0.2, 0) is 15.7 Å². The Balaban J connectivity index is 0.00000450. The van der Waals surface area contributed by atoms with Gasteiger partial charge in [-0.1, -0.05) is 19.6 Å². The molecule has 0 unspecified atom stereocenters. The highest BCUT2D eigenvalue weighted by molar-refractivity contribution is 6.02. The number of benzene rings is 2. The minimum absolute atomic E-state index is 0. The van der Waals surface area contributed by atoms with Crippen molar-refractivity contribution < 1.29 is 36.6 Å². The molecule has 2 aromatic carbocycles. The average molecular weight is 428 g/mol. The molecule has 0 saturated heterocycles. The molecule has 2 rings (SSSR count). The predicted molar refractivity (Wildman–Crippen MR) is 105 cm³/mol. The number of carbonyl (C=O) groups excluding carboxylic acids is 2. The van der Waals surface area contributed by atoms with E-state index in [1.807, 2.05) is 0 Å². The predicted octanol–water partition coefficient (Wildman–Crippen LogP) is 5.32. The molecule has 162 valence electrons. The molecular weight excluding hydrogens is 408 g/mol. The summed E-state index contributed by atoms with van der Waals surface area (Å²) < 4.78 is 62.3. The third-order valence-corrected chi connectivity index (χ3v) is 3.66. The Labute approximate surface area is 170 Å². The van der Waals surface area contributed by atoms with Crippen LogP contribution in [0.4, 0.5) is 33.7 Å². The van der Waals surface area contributed by atoms with Gasteiger partial charge >= 0.3 is 18.2 Å². The van der Waals surface area contributed by atoms with Crippen LogP contribution in [-0.4, -0.2) is 26.2 Å². The second-order valence-corrected chi connectivity index (χ2v) is 5.55. The molecule has 2 aromatic rings. The number of carbonyl (C=O) groups is 2. The molecule has 0 aliphatic carbocycles. The van der Waals surface area contributed by atoms with Gasteiger partial charge in [0.15, 0.2) is 0 Å². The Kier molecular flexibility index (Phi) is 8.39. The third-order valence-electron chi connectivity index (χ3n) is 3.66. The molecule has 0 aromatic heterocycles. The van der Waals surface area contributed by atoms with E-state index in [2.05, 4.69) is 15.4 Å². The number of rotatable bonds is 5. The average Bonchev–Trinajstić information content (AvgIpc) is 2.67. The number of hydrogen-bond acceptors (Lipinski definition) is 4. The van der Waals surface area contributed by atoms with E-state index < -0.39 is 29.6 Å². The molecule has 0 fully saturated rings. The van der Waals surface area contributed by atoms with Crippen molar-refractivity contribution in [3.63, 3.8) is 0 Å². The second kappa shape index (κ2) is 10.3. The van der Waals surface area contributed by atoms with E-state index in [0.29, 0.717) is 6.07 Å². The molecular formula is C20H20F4N2O4. The summed E-state index contributed by atoms with van der Waals surface area (Å²) in [5.74, 6) is -1.53. The van der Waals surface area contributed by atoms with Gasteiger partial charge in [0.2, 0.25) is 0 Å². The lowest BCUT2D eigenvalue weighted by Crippen LogP contribution is -2.21. The van der Waals surface area contributed by atoms with Gasteiger partial charge < -0.3 is 20.1 Å². The van der Waals surface area contributed by atoms with Crippen molar-refractivity contribution >= 4 is 29.5 Å². The quantitative estimate of drug-likeness (QED) is 0.384. The monoisotopic (exact) mass is 428 g/mol. The van der Waals surface area contributed by atoms with E-state index in [0.717, 1.165) is 31.4 Å². The van der Waals surface area contributed by atoms with E-state index in [9.17, 15) is 27.2 Å². The first-order valence-corrected chi connectivity index (χ1v) is 8.03. The molecule has 0 aliphatic rings. The molecule has 6 nitrogen and oxygen atoms in total. The number of methoxy groups -OCH3 is 2. The summed E-state index contributed by atoms with van der Waals surface area (Å²) in [6.45, 7) is 0. The molecule has 0 saturated carbocycles. The van der Waals surface area contributed by atoms with E-state index in [1.54, 1.807) is 0 Å². The molecule has 0 heterocycles. The van der Waals surface area contributed by atoms with E-state index in [4.69, 9.17) is 4.74 Å². The van der Waals surface area contributed by atoms with Crippen molar-refractivity contribution in [2.24, 2.45) is 0 Å². The van der Waals surface area contributed by atoms with E-state index in [-0.39, 0.29) is 30.1 Å². The molecule has 10 heteroatoms. The number of hydrogen-bond donors (Lipinski definition) is 2. The second-order valence-electron chi connectivity index (χ2n) is 5.55. The van der Waals surface area contributed by atoms with Crippen molar-refractivity contribution in [3.8, 4) is 5.75 Å². The number of amides is 2. The topological polar surface area (TPSA) is 76.7 Å². The molecule has 0 spiro atoms. The van der Waals surface area contributed by atoms with Gasteiger partial charge in [-0.05, 0) is 30.3 Å². The van der Waals surface area contributed by atoms with Crippen LogP contribution in [0.5, 0.6) is 5.75 Å². The van der Waals surface area contributed by atoms with E-state index in [1.165, 1.54) is 25.3 Å². The summed E-state index contributed by atoms with van der Waals surface area (Å²) in [6, 6.07) is 5.36. The van der Waals surface area contributed by atoms with Crippen LogP contribution in [0.15, 0.2) is 42.5 Å². The Morgan fingerprint density at radius 1 is 1.07 bits per heavy atom. The van der Waals surface area contributed by atoms with Crippen LogP contribution in [0.3, 0.4) is 0 Å². The first kappa shape index (κ1) is 24.5. The van der Waals surface area contributed by atoms with Gasteiger partial charge in [0.05, 0.1) is 31.2 Å². The maximum absolute atomic E-state index is 14.2. The number of halogens is 4. The van der Waals surface area contributed by atoms with Crippen LogP contribution in [0.1, 0.15) is 18.6 Å². The van der Waals surface area contributed by atoms with Crippen molar-refractivity contribution in [1.29, 1.82) is 0 Å². The van der Waals surface area contributed by atoms with Crippen molar-refractivity contribution in [2.75, 3.05) is 24.9 Å². The number of alkyl halides is 3. The van der Waals surface area contributed by atoms with Crippen molar-refractivity contribution in [3.05, 3.63) is 59.4 Å². The van der Waals surface area contributed by atoms with Gasteiger partial charge in [-0.25, -0.2) is 14.0 Å². The molecule has 0 atom stereocenters. The molecule has 2 N–H and O–H groups in total. The Morgan fingerprint density at radius 3 is 2.37 bits per heavy atom. The first-order valence-electron chi connectivity index (χ1n) is 8.03. The summed E-state index contributed by atoms with van der Waals surface area (Å²) >= 11 is 0. The van der Waals surface area contributed by atoms with Crippen LogP contribution in [0.25, 0.3) is 6.08 Å². The highest BCUT2D eigenvalue weighted by atomic mass is 19.4. The maximum Gasteiger partial charge on any atom is 0.416 e. The standard InChI is InChI=1S/C19H16F4N2O4.CH4/c1-28-15-8-7-12(19(21,22)23)10-14(15)24-18(27)25-17-11(4-3-5-13(17)20)6-9-16(26)29-2;/h3-10H,1-2H3,(H2,24,25,27);1H4/b9-6+;. The zero-order valence-electron chi connectivity index (χ0n) is 15.3. The minimum atomic E-state index is -4.63. The van der Waals surface area contributed by atoms with Crippen molar-refractivity contribution in [1.82, 2.24) is 0 Å². The normalized spacial score (nSPS) is 10.9. The van der Waals surface area contributed by atoms with Gasteiger partial charge in [0.1, 0.15) is 11.6 Å². The Bertz CT molecular complexity index is 943. The fraction of sp³-hybridized carbons (Fsp3) is 0.200. The first-order chi connectivity index (χ1) is 13.7. The van der Waals surface area contributed by atoms with Gasteiger partial charge in [0, 0.05) is 11.6 Å². The lowest BCUT2D eigenvalue weighted by Gasteiger charge is -2.15. The highest BCUT2D eigenvalue weighted by Gasteiger charge is 2.31. The molecule has 30 heavy (non-hydrogen) atoms. The Morgan fingerprint density at radius 2 is 1.77 bits per heavy atom. The number of anilines is 2. The fourth-order valence-electron chi connectivity index (χ4n) is 2.29. The van der Waals surface area contributed by atoms with Gasteiger partial charge in [-0.2, -0.15) is 13.2 Å². The summed E-state index contributed by atoms with van der Waals surface area (Å²) in [4.78, 5) is 23.5. The number of nitrogens with one attached hydrogen (secondary N) is 2. The van der Waals surface area contributed by atoms with Gasteiger partial charge in [0.25, 0.3) is 0 Å². The van der Waals surface area contributed by atoms with E-state index >= 15 is 0 Å². The number of ether oxygens (including phenoxy) is 2. The summed E-state index contributed by atoms with van der Waals surface area (Å²) in [5, 5.41) is 4.41. The SMILES string of the molecule is C.COC(=O)/C=C/c1cccc(F)c1NC(=O)Nc1cc(C(F)(F)F)ccc1OC. The lowest BCUT2D eigenvalue weighted by atomic mass is 10.1. The molecule has 0 radical (unpaired) electrons.